The number of halogens is 1. The summed E-state index contributed by atoms with van der Waals surface area (Å²) in [5, 5.41) is 2.98. The number of alkyl halides is 1. The van der Waals surface area contributed by atoms with Crippen LogP contribution in [0.2, 0.25) is 0 Å². The van der Waals surface area contributed by atoms with Gasteiger partial charge >= 0.3 is 0 Å². The second-order valence-corrected chi connectivity index (χ2v) is 5.68. The SMILES string of the molecule is CCCC(Cl)CNC(=O)C1C(C)OC(C)C1C. The lowest BCUT2D eigenvalue weighted by Crippen LogP contribution is -2.39. The monoisotopic (exact) mass is 261 g/mol. The molecule has 1 saturated heterocycles. The summed E-state index contributed by atoms with van der Waals surface area (Å²) in [7, 11) is 0. The van der Waals surface area contributed by atoms with Gasteiger partial charge in [-0.2, -0.15) is 0 Å². The molecule has 5 unspecified atom stereocenters. The predicted octanol–water partition coefficient (Wildman–Crippen LogP) is 2.57. The fourth-order valence-electron chi connectivity index (χ4n) is 2.46. The molecule has 0 radical (unpaired) electrons. The molecule has 5 atom stereocenters. The molecule has 1 aliphatic rings. The first-order valence-corrected chi connectivity index (χ1v) is 6.98. The third-order valence-electron chi connectivity index (χ3n) is 3.64. The fraction of sp³-hybridized carbons (Fsp3) is 0.923. The Morgan fingerprint density at radius 3 is 2.47 bits per heavy atom. The Morgan fingerprint density at radius 2 is 2.00 bits per heavy atom. The number of rotatable bonds is 5. The molecule has 0 aromatic carbocycles. The van der Waals surface area contributed by atoms with Crippen LogP contribution in [0.4, 0.5) is 0 Å². The molecule has 0 saturated carbocycles. The second-order valence-electron chi connectivity index (χ2n) is 5.06. The minimum atomic E-state index is -0.0458. The molecule has 3 nitrogen and oxygen atoms in total. The Balaban J connectivity index is 2.42. The van der Waals surface area contributed by atoms with E-state index in [1.165, 1.54) is 0 Å². The summed E-state index contributed by atoms with van der Waals surface area (Å²) >= 11 is 6.09. The topological polar surface area (TPSA) is 38.3 Å². The summed E-state index contributed by atoms with van der Waals surface area (Å²) in [6, 6.07) is 0. The van der Waals surface area contributed by atoms with Crippen molar-refractivity contribution in [3.05, 3.63) is 0 Å². The van der Waals surface area contributed by atoms with E-state index in [0.717, 1.165) is 12.8 Å². The van der Waals surface area contributed by atoms with E-state index in [9.17, 15) is 4.79 Å². The van der Waals surface area contributed by atoms with Crippen LogP contribution in [0.5, 0.6) is 0 Å². The standard InChI is InChI=1S/C13H24ClNO2/c1-5-6-11(14)7-15-13(16)12-8(2)9(3)17-10(12)4/h8-12H,5-7H2,1-4H3,(H,15,16). The summed E-state index contributed by atoms with van der Waals surface area (Å²) in [6.07, 6.45) is 2.13. The predicted molar refractivity (Wildman–Crippen MR) is 70.2 cm³/mol. The van der Waals surface area contributed by atoms with Crippen molar-refractivity contribution in [2.75, 3.05) is 6.54 Å². The van der Waals surface area contributed by atoms with Crippen LogP contribution in [0, 0.1) is 11.8 Å². The van der Waals surface area contributed by atoms with Crippen LogP contribution in [0.15, 0.2) is 0 Å². The average molecular weight is 262 g/mol. The molecule has 0 aromatic rings. The van der Waals surface area contributed by atoms with Crippen LogP contribution in [-0.4, -0.2) is 30.0 Å². The lowest BCUT2D eigenvalue weighted by molar-refractivity contribution is -0.127. The zero-order valence-corrected chi connectivity index (χ0v) is 12.0. The van der Waals surface area contributed by atoms with E-state index in [1.54, 1.807) is 0 Å². The zero-order chi connectivity index (χ0) is 13.0. The fourth-order valence-corrected chi connectivity index (χ4v) is 2.76. The van der Waals surface area contributed by atoms with Crippen LogP contribution in [0.3, 0.4) is 0 Å². The van der Waals surface area contributed by atoms with E-state index in [1.807, 2.05) is 13.8 Å². The summed E-state index contributed by atoms with van der Waals surface area (Å²) in [5.74, 6) is 0.302. The van der Waals surface area contributed by atoms with E-state index >= 15 is 0 Å². The highest BCUT2D eigenvalue weighted by molar-refractivity contribution is 6.20. The van der Waals surface area contributed by atoms with Gasteiger partial charge in [0.2, 0.25) is 5.91 Å². The first kappa shape index (κ1) is 14.8. The molecule has 17 heavy (non-hydrogen) atoms. The lowest BCUT2D eigenvalue weighted by Gasteiger charge is -2.19. The van der Waals surface area contributed by atoms with Gasteiger partial charge in [-0.3, -0.25) is 4.79 Å². The molecular weight excluding hydrogens is 238 g/mol. The first-order valence-electron chi connectivity index (χ1n) is 6.54. The molecular formula is C13H24ClNO2. The van der Waals surface area contributed by atoms with Crippen molar-refractivity contribution in [2.24, 2.45) is 11.8 Å². The molecule has 0 aromatic heterocycles. The van der Waals surface area contributed by atoms with Crippen molar-refractivity contribution >= 4 is 17.5 Å². The number of carbonyl (C=O) groups excluding carboxylic acids is 1. The van der Waals surface area contributed by atoms with Crippen LogP contribution in [0.25, 0.3) is 0 Å². The molecule has 100 valence electrons. The number of hydrogen-bond donors (Lipinski definition) is 1. The molecule has 0 spiro atoms. The highest BCUT2D eigenvalue weighted by atomic mass is 35.5. The van der Waals surface area contributed by atoms with Crippen molar-refractivity contribution in [1.82, 2.24) is 5.32 Å². The number of hydrogen-bond acceptors (Lipinski definition) is 2. The molecule has 1 aliphatic heterocycles. The van der Waals surface area contributed by atoms with Gasteiger partial charge in [0, 0.05) is 6.54 Å². The second kappa shape index (κ2) is 6.60. The average Bonchev–Trinajstić information content (AvgIpc) is 2.50. The highest BCUT2D eigenvalue weighted by Crippen LogP contribution is 2.32. The van der Waals surface area contributed by atoms with E-state index in [2.05, 4.69) is 19.2 Å². The van der Waals surface area contributed by atoms with E-state index in [0.29, 0.717) is 6.54 Å². The summed E-state index contributed by atoms with van der Waals surface area (Å²) in [4.78, 5) is 12.1. The van der Waals surface area contributed by atoms with Crippen molar-refractivity contribution < 1.29 is 9.53 Å². The number of nitrogens with one attached hydrogen (secondary N) is 1. The third kappa shape index (κ3) is 3.85. The minimum Gasteiger partial charge on any atom is -0.374 e. The Bertz CT molecular complexity index is 260. The van der Waals surface area contributed by atoms with Crippen LogP contribution in [-0.2, 0) is 9.53 Å². The van der Waals surface area contributed by atoms with E-state index in [4.69, 9.17) is 16.3 Å². The maximum atomic E-state index is 12.1. The van der Waals surface area contributed by atoms with Crippen molar-refractivity contribution in [3.8, 4) is 0 Å². The van der Waals surface area contributed by atoms with Gasteiger partial charge in [-0.25, -0.2) is 0 Å². The Hall–Kier alpha value is -0.280. The quantitative estimate of drug-likeness (QED) is 0.773. The number of carbonyl (C=O) groups is 1. The molecule has 1 N–H and O–H groups in total. The highest BCUT2D eigenvalue weighted by Gasteiger charge is 2.41. The van der Waals surface area contributed by atoms with Gasteiger partial charge in [0.1, 0.15) is 0 Å². The van der Waals surface area contributed by atoms with Gasteiger partial charge in [0.15, 0.2) is 0 Å². The molecule has 0 aliphatic carbocycles. The summed E-state index contributed by atoms with van der Waals surface area (Å²) in [6.45, 7) is 8.71. The van der Waals surface area contributed by atoms with E-state index in [-0.39, 0.29) is 35.3 Å². The molecule has 1 fully saturated rings. The van der Waals surface area contributed by atoms with Gasteiger partial charge in [0.25, 0.3) is 0 Å². The lowest BCUT2D eigenvalue weighted by atomic mass is 9.89. The van der Waals surface area contributed by atoms with Crippen LogP contribution >= 0.6 is 11.6 Å². The Kier molecular flexibility index (Phi) is 5.74. The van der Waals surface area contributed by atoms with Crippen LogP contribution in [0.1, 0.15) is 40.5 Å². The third-order valence-corrected chi connectivity index (χ3v) is 4.02. The number of ether oxygens (including phenoxy) is 1. The maximum absolute atomic E-state index is 12.1. The largest absolute Gasteiger partial charge is 0.374 e. The molecule has 4 heteroatoms. The Morgan fingerprint density at radius 1 is 1.35 bits per heavy atom. The molecule has 0 bridgehead atoms. The normalized spacial score (nSPS) is 34.6. The van der Waals surface area contributed by atoms with Gasteiger partial charge in [-0.15, -0.1) is 11.6 Å². The van der Waals surface area contributed by atoms with Gasteiger partial charge in [0.05, 0.1) is 23.5 Å². The van der Waals surface area contributed by atoms with E-state index < -0.39 is 0 Å². The van der Waals surface area contributed by atoms with Gasteiger partial charge < -0.3 is 10.1 Å². The van der Waals surface area contributed by atoms with Gasteiger partial charge in [-0.1, -0.05) is 20.3 Å². The number of amides is 1. The van der Waals surface area contributed by atoms with Crippen molar-refractivity contribution in [2.45, 2.75) is 58.1 Å². The zero-order valence-electron chi connectivity index (χ0n) is 11.2. The van der Waals surface area contributed by atoms with Crippen molar-refractivity contribution in [3.63, 3.8) is 0 Å². The van der Waals surface area contributed by atoms with Crippen LogP contribution < -0.4 is 5.32 Å². The molecule has 1 rings (SSSR count). The molecule has 1 amide bonds. The molecule has 1 heterocycles. The summed E-state index contributed by atoms with van der Waals surface area (Å²) < 4.78 is 5.67. The Labute approximate surface area is 109 Å². The van der Waals surface area contributed by atoms with Crippen molar-refractivity contribution in [1.29, 1.82) is 0 Å². The smallest absolute Gasteiger partial charge is 0.226 e. The first-order chi connectivity index (χ1) is 7.97. The van der Waals surface area contributed by atoms with Gasteiger partial charge in [-0.05, 0) is 26.2 Å². The minimum absolute atomic E-state index is 0.0000457. The summed E-state index contributed by atoms with van der Waals surface area (Å²) in [5.41, 5.74) is 0. The maximum Gasteiger partial charge on any atom is 0.226 e.